The molecule has 1 aliphatic carbocycles. The number of carbonyl (C=O) groups is 2. The molecular formula is C24H25F3N6O4. The van der Waals surface area contributed by atoms with Crippen LogP contribution in [-0.4, -0.2) is 84.6 Å². The van der Waals surface area contributed by atoms with Crippen LogP contribution in [0.3, 0.4) is 0 Å². The van der Waals surface area contributed by atoms with Crippen LogP contribution < -0.4 is 15.4 Å². The number of hydrogen-bond acceptors (Lipinski definition) is 8. The van der Waals surface area contributed by atoms with E-state index in [0.29, 0.717) is 41.4 Å². The van der Waals surface area contributed by atoms with Crippen molar-refractivity contribution >= 4 is 29.4 Å². The summed E-state index contributed by atoms with van der Waals surface area (Å²) < 4.78 is 50.1. The Morgan fingerprint density at radius 2 is 2.14 bits per heavy atom. The molecule has 5 rings (SSSR count). The number of rotatable bonds is 5. The minimum atomic E-state index is -4.57. The number of hydrogen-bond donors (Lipinski definition) is 1. The number of aromatic nitrogens is 2. The summed E-state index contributed by atoms with van der Waals surface area (Å²) in [6.07, 6.45) is -1.63. The number of alkyl halides is 3. The average molecular weight is 518 g/mol. The molecular weight excluding hydrogens is 493 g/mol. The summed E-state index contributed by atoms with van der Waals surface area (Å²) in [6, 6.07) is 4.94. The van der Waals surface area contributed by atoms with E-state index < -0.39 is 30.1 Å². The van der Waals surface area contributed by atoms with Gasteiger partial charge in [0.25, 0.3) is 0 Å². The molecule has 2 aliphatic heterocycles. The number of amides is 2. The Bertz CT molecular complexity index is 1250. The molecule has 2 N–H and O–H groups in total. The molecule has 3 aliphatic rings. The molecule has 1 saturated heterocycles. The Labute approximate surface area is 210 Å². The van der Waals surface area contributed by atoms with E-state index in [1.165, 1.54) is 17.3 Å². The van der Waals surface area contributed by atoms with Gasteiger partial charge in [-0.25, -0.2) is 4.98 Å². The van der Waals surface area contributed by atoms with Gasteiger partial charge in [0.1, 0.15) is 18.3 Å². The molecule has 0 radical (unpaired) electrons. The summed E-state index contributed by atoms with van der Waals surface area (Å²) in [6.45, 7) is -1.17. The number of morpholine rings is 1. The summed E-state index contributed by atoms with van der Waals surface area (Å²) in [7, 11) is 1.60. The number of nitrogens with two attached hydrogens (primary N) is 1. The van der Waals surface area contributed by atoms with Crippen molar-refractivity contribution in [2.24, 2.45) is 4.99 Å². The highest BCUT2D eigenvalue weighted by atomic mass is 19.4. The zero-order valence-electron chi connectivity index (χ0n) is 19.9. The largest absolute Gasteiger partial charge is 0.474 e. The maximum Gasteiger partial charge on any atom is 0.416 e. The molecule has 1 saturated carbocycles. The van der Waals surface area contributed by atoms with Crippen molar-refractivity contribution in [2.45, 2.75) is 36.6 Å². The number of halogens is 3. The minimum Gasteiger partial charge on any atom is -0.474 e. The SMILES string of the molecule is CN=Cc1nc(OC2CC3(C2)C(=O)N(CC(=O)N2CCOC(C(F)(F)F)C2)c2ccncc23)ccc1N. The van der Waals surface area contributed by atoms with Gasteiger partial charge in [-0.05, 0) is 12.1 Å². The van der Waals surface area contributed by atoms with Crippen molar-refractivity contribution in [1.29, 1.82) is 0 Å². The lowest BCUT2D eigenvalue weighted by molar-refractivity contribution is -0.236. The summed E-state index contributed by atoms with van der Waals surface area (Å²) >= 11 is 0. The van der Waals surface area contributed by atoms with E-state index in [2.05, 4.69) is 15.0 Å². The lowest BCUT2D eigenvalue weighted by atomic mass is 9.63. The number of ether oxygens (including phenoxy) is 2. The van der Waals surface area contributed by atoms with Gasteiger partial charge in [0, 0.05) is 56.7 Å². The smallest absolute Gasteiger partial charge is 0.416 e. The number of nitrogen functional groups attached to an aromatic ring is 1. The molecule has 2 aromatic rings. The van der Waals surface area contributed by atoms with E-state index in [-0.39, 0.29) is 31.7 Å². The molecule has 10 nitrogen and oxygen atoms in total. The third-order valence-electron chi connectivity index (χ3n) is 6.96. The minimum absolute atomic E-state index is 0.0248. The van der Waals surface area contributed by atoms with Crippen LogP contribution in [0.25, 0.3) is 0 Å². The number of nitrogens with zero attached hydrogens (tertiary/aromatic N) is 5. The molecule has 1 unspecified atom stereocenters. The van der Waals surface area contributed by atoms with Gasteiger partial charge in [0.15, 0.2) is 6.10 Å². The highest BCUT2D eigenvalue weighted by Gasteiger charge is 2.60. The predicted octanol–water partition coefficient (Wildman–Crippen LogP) is 1.72. The number of pyridine rings is 2. The molecule has 37 heavy (non-hydrogen) atoms. The van der Waals surface area contributed by atoms with E-state index in [9.17, 15) is 22.8 Å². The molecule has 0 bridgehead atoms. The van der Waals surface area contributed by atoms with Gasteiger partial charge in [-0.1, -0.05) is 0 Å². The van der Waals surface area contributed by atoms with Crippen molar-refractivity contribution in [2.75, 3.05) is 43.9 Å². The number of aliphatic imine (C=N–C) groups is 1. The fourth-order valence-corrected chi connectivity index (χ4v) is 5.06. The van der Waals surface area contributed by atoms with E-state index in [0.717, 1.165) is 4.90 Å². The van der Waals surface area contributed by atoms with E-state index in [4.69, 9.17) is 15.2 Å². The van der Waals surface area contributed by atoms with Gasteiger partial charge < -0.3 is 25.0 Å². The standard InChI is InChI=1S/C24H25F3N6O4/c1-29-11-17-16(28)2-3-20(31-17)37-14-8-23(9-14)15-10-30-5-4-18(15)33(22(23)35)13-21(34)32-6-7-36-19(12-32)24(25,26)27/h2-5,10-11,14,19H,6-9,12-13,28H2,1H3. The molecule has 1 atom stereocenters. The van der Waals surface area contributed by atoms with Gasteiger partial charge in [-0.3, -0.25) is 19.6 Å². The summed E-state index contributed by atoms with van der Waals surface area (Å²) in [5.41, 5.74) is 7.10. The number of anilines is 2. The highest BCUT2D eigenvalue weighted by Crippen LogP contribution is 2.54. The Morgan fingerprint density at radius 3 is 2.86 bits per heavy atom. The number of fused-ring (bicyclic) bond motifs is 2. The van der Waals surface area contributed by atoms with Crippen molar-refractivity contribution in [3.8, 4) is 5.88 Å². The second-order valence-corrected chi connectivity index (χ2v) is 9.27. The predicted molar refractivity (Wildman–Crippen MR) is 126 cm³/mol. The van der Waals surface area contributed by atoms with Crippen molar-refractivity contribution in [1.82, 2.24) is 14.9 Å². The van der Waals surface area contributed by atoms with Crippen LogP contribution in [0.1, 0.15) is 24.1 Å². The Balaban J connectivity index is 1.30. The van der Waals surface area contributed by atoms with Crippen LogP contribution in [0.4, 0.5) is 24.5 Å². The van der Waals surface area contributed by atoms with Crippen LogP contribution in [0.5, 0.6) is 5.88 Å². The maximum absolute atomic E-state index is 13.6. The van der Waals surface area contributed by atoms with Gasteiger partial charge >= 0.3 is 6.18 Å². The average Bonchev–Trinajstić information content (AvgIpc) is 3.09. The maximum atomic E-state index is 13.6. The van der Waals surface area contributed by atoms with Gasteiger partial charge in [0.2, 0.25) is 17.7 Å². The highest BCUT2D eigenvalue weighted by molar-refractivity contribution is 6.11. The molecule has 13 heteroatoms. The topological polar surface area (TPSA) is 123 Å². The Hall–Kier alpha value is -3.74. The summed E-state index contributed by atoms with van der Waals surface area (Å²) in [5, 5.41) is 0. The van der Waals surface area contributed by atoms with E-state index in [1.807, 2.05) is 0 Å². The monoisotopic (exact) mass is 518 g/mol. The van der Waals surface area contributed by atoms with Crippen LogP contribution in [0.15, 0.2) is 35.6 Å². The summed E-state index contributed by atoms with van der Waals surface area (Å²) in [5.74, 6) is -0.526. The fraction of sp³-hybridized carbons (Fsp3) is 0.458. The van der Waals surface area contributed by atoms with E-state index >= 15 is 0 Å². The lowest BCUT2D eigenvalue weighted by Gasteiger charge is -2.43. The molecule has 2 fully saturated rings. The first kappa shape index (κ1) is 24.9. The van der Waals surface area contributed by atoms with Crippen LogP contribution in [0.2, 0.25) is 0 Å². The van der Waals surface area contributed by atoms with Crippen LogP contribution in [-0.2, 0) is 19.7 Å². The lowest BCUT2D eigenvalue weighted by Crippen LogP contribution is -2.56. The van der Waals surface area contributed by atoms with Gasteiger partial charge in [0.05, 0.1) is 29.9 Å². The third kappa shape index (κ3) is 4.47. The Kier molecular flexibility index (Phi) is 6.26. The molecule has 0 aromatic carbocycles. The van der Waals surface area contributed by atoms with Crippen molar-refractivity contribution in [3.63, 3.8) is 0 Å². The fourth-order valence-electron chi connectivity index (χ4n) is 5.06. The van der Waals surface area contributed by atoms with Crippen LogP contribution in [0, 0.1) is 0 Å². The third-order valence-corrected chi connectivity index (χ3v) is 6.96. The first-order chi connectivity index (χ1) is 17.6. The molecule has 2 aromatic heterocycles. The van der Waals surface area contributed by atoms with Crippen molar-refractivity contribution < 1.29 is 32.2 Å². The summed E-state index contributed by atoms with van der Waals surface area (Å²) in [4.78, 5) is 41.4. The van der Waals surface area contributed by atoms with Crippen LogP contribution >= 0.6 is 0 Å². The quantitative estimate of drug-likeness (QED) is 0.598. The normalized spacial score (nSPS) is 25.5. The second-order valence-electron chi connectivity index (χ2n) is 9.27. The molecule has 4 heterocycles. The second kappa shape index (κ2) is 9.29. The number of carbonyl (C=O) groups excluding carboxylic acids is 2. The zero-order chi connectivity index (χ0) is 26.4. The van der Waals surface area contributed by atoms with Gasteiger partial charge in [-0.15, -0.1) is 0 Å². The van der Waals surface area contributed by atoms with E-state index in [1.54, 1.807) is 31.4 Å². The van der Waals surface area contributed by atoms with Crippen molar-refractivity contribution in [3.05, 3.63) is 41.9 Å². The first-order valence-corrected chi connectivity index (χ1v) is 11.7. The Morgan fingerprint density at radius 1 is 1.35 bits per heavy atom. The van der Waals surface area contributed by atoms with Gasteiger partial charge in [-0.2, -0.15) is 13.2 Å². The zero-order valence-corrected chi connectivity index (χ0v) is 19.9. The molecule has 196 valence electrons. The molecule has 1 spiro atoms. The molecule has 2 amide bonds. The first-order valence-electron chi connectivity index (χ1n) is 11.7.